The van der Waals surface area contributed by atoms with Crippen LogP contribution in [0.4, 0.5) is 5.25 Å². The van der Waals surface area contributed by atoms with Crippen molar-refractivity contribution in [3.63, 3.8) is 0 Å². The Hall–Kier alpha value is -1.67. The molecule has 0 aliphatic heterocycles. The Morgan fingerprint density at radius 2 is 1.79 bits per heavy atom. The second kappa shape index (κ2) is 9.59. The Labute approximate surface area is 155 Å². The summed E-state index contributed by atoms with van der Waals surface area (Å²) in [6, 6.07) is 13.0. The molecule has 2 aromatic carbocycles. The van der Waals surface area contributed by atoms with Gasteiger partial charge in [0, 0.05) is 12.4 Å². The molecule has 0 unspecified atom stereocenters. The van der Waals surface area contributed by atoms with E-state index in [1.54, 1.807) is 0 Å². The van der Waals surface area contributed by atoms with Crippen molar-refractivity contribution >= 4 is 10.8 Å². The van der Waals surface area contributed by atoms with Gasteiger partial charge in [0.2, 0.25) is 0 Å². The minimum atomic E-state index is -2.77. The van der Waals surface area contributed by atoms with Crippen LogP contribution in [-0.4, -0.2) is 4.57 Å². The predicted molar refractivity (Wildman–Crippen MR) is 92.1 cm³/mol. The Morgan fingerprint density at radius 1 is 1.12 bits per heavy atom. The number of fused-ring (bicyclic) bond motifs is 1. The van der Waals surface area contributed by atoms with Crippen molar-refractivity contribution in [1.29, 1.82) is 0 Å². The Bertz CT molecular complexity index is 765. The van der Waals surface area contributed by atoms with E-state index in [9.17, 15) is 5.25 Å². The molecule has 0 N–H and O–H groups in total. The quantitative estimate of drug-likeness (QED) is 0.433. The molecule has 24 heavy (non-hydrogen) atoms. The van der Waals surface area contributed by atoms with Gasteiger partial charge in [0.05, 0.1) is 0 Å². The van der Waals surface area contributed by atoms with E-state index in [4.69, 9.17) is 0 Å². The van der Waals surface area contributed by atoms with Crippen molar-refractivity contribution in [3.8, 4) is 5.69 Å². The molecule has 4 rings (SSSR count). The molecule has 0 spiro atoms. The van der Waals surface area contributed by atoms with E-state index in [0.29, 0.717) is 0 Å². The average Bonchev–Trinajstić information content (AvgIpc) is 3.35. The minimum absolute atomic E-state index is 1.01. The fraction of sp³-hybridized carbons (Fsp3) is 0.150. The second-order valence-corrected chi connectivity index (χ2v) is 5.76. The van der Waals surface area contributed by atoms with E-state index in [0.717, 1.165) is 6.42 Å². The van der Waals surface area contributed by atoms with Crippen molar-refractivity contribution < 1.29 is 29.7 Å². The molecule has 3 aromatic rings. The van der Waals surface area contributed by atoms with Gasteiger partial charge in [-0.2, -0.15) is 6.08 Å². The summed E-state index contributed by atoms with van der Waals surface area (Å²) in [4.78, 5) is 0. The monoisotopic (exact) mass is 401 g/mol. The van der Waals surface area contributed by atoms with Crippen LogP contribution in [0.1, 0.15) is 17.5 Å². The van der Waals surface area contributed by atoms with Crippen molar-refractivity contribution in [2.24, 2.45) is 0 Å². The first-order chi connectivity index (χ1) is 11.7. The van der Waals surface area contributed by atoms with Gasteiger partial charge in [-0.3, -0.25) is 6.08 Å². The molecule has 0 fully saturated rings. The number of allylic oxidation sites excluding steroid dienone is 4. The molecule has 1 heterocycles. The van der Waals surface area contributed by atoms with Gasteiger partial charge in [-0.1, -0.05) is 18.6 Å². The summed E-state index contributed by atoms with van der Waals surface area (Å²) in [5.74, 6) is 0. The van der Waals surface area contributed by atoms with Gasteiger partial charge in [-0.05, 0) is 24.7 Å². The normalized spacial score (nSPS) is 11.5. The summed E-state index contributed by atoms with van der Waals surface area (Å²) in [6.07, 6.45) is 14.2. The molecule has 0 atom stereocenters. The zero-order valence-electron chi connectivity index (χ0n) is 13.8. The van der Waals surface area contributed by atoms with Gasteiger partial charge in [0.15, 0.2) is 0 Å². The van der Waals surface area contributed by atoms with Crippen molar-refractivity contribution in [3.05, 3.63) is 84.2 Å². The fourth-order valence-electron chi connectivity index (χ4n) is 2.57. The van der Waals surface area contributed by atoms with Gasteiger partial charge < -0.3 is 4.57 Å². The molecule has 122 valence electrons. The number of benzene rings is 1. The number of aryl methyl sites for hydroxylation is 2. The van der Waals surface area contributed by atoms with Gasteiger partial charge in [0.1, 0.15) is 0 Å². The first kappa shape index (κ1) is 18.7. The summed E-state index contributed by atoms with van der Waals surface area (Å²) in [5.41, 5.74) is 3.94. The van der Waals surface area contributed by atoms with Crippen LogP contribution in [0.2, 0.25) is 0 Å². The number of hydrogen-bond acceptors (Lipinski definition) is 0. The molecule has 0 saturated carbocycles. The third-order valence-corrected chi connectivity index (χ3v) is 3.80. The van der Waals surface area contributed by atoms with E-state index in [-0.39, 0.29) is 0 Å². The zero-order chi connectivity index (χ0) is 17.4. The summed E-state index contributed by atoms with van der Waals surface area (Å²) >= 11 is -2.77. The average molecular weight is 403 g/mol. The van der Waals surface area contributed by atoms with E-state index in [1.165, 1.54) is 27.6 Å². The molecule has 0 bridgehead atoms. The molecule has 1 nitrogen and oxygen atoms in total. The van der Waals surface area contributed by atoms with Crippen LogP contribution >= 0.6 is 0 Å². The SMILES string of the molecule is Cc1ccc(C)c2[cH-]c(-n3cccc3)cc12.[C-]1=CC=CC1.[F][Zr+2][F]. The zero-order valence-corrected chi connectivity index (χ0v) is 16.2. The number of halogens is 2. The van der Waals surface area contributed by atoms with E-state index in [2.05, 4.69) is 79.4 Å². The van der Waals surface area contributed by atoms with Crippen LogP contribution in [0.15, 0.2) is 67.0 Å². The van der Waals surface area contributed by atoms with Crippen LogP contribution < -0.4 is 0 Å². The first-order valence-corrected chi connectivity index (χ1v) is 9.51. The topological polar surface area (TPSA) is 4.93 Å². The molecule has 4 heteroatoms. The molecule has 0 amide bonds. The van der Waals surface area contributed by atoms with Gasteiger partial charge in [-0.15, -0.1) is 41.0 Å². The fourth-order valence-corrected chi connectivity index (χ4v) is 2.57. The predicted octanol–water partition coefficient (Wildman–Crippen LogP) is 6.11. The van der Waals surface area contributed by atoms with Crippen LogP contribution in [0.5, 0.6) is 0 Å². The summed E-state index contributed by atoms with van der Waals surface area (Å²) in [6.45, 7) is 4.34. The Kier molecular flexibility index (Phi) is 7.46. The number of rotatable bonds is 1. The van der Waals surface area contributed by atoms with E-state index in [1.807, 2.05) is 12.2 Å². The van der Waals surface area contributed by atoms with Crippen LogP contribution in [0, 0.1) is 19.9 Å². The first-order valence-electron chi connectivity index (χ1n) is 7.65. The molecular formula is C20H19F2NZr. The van der Waals surface area contributed by atoms with Crippen molar-refractivity contribution in [2.75, 3.05) is 0 Å². The maximum absolute atomic E-state index is 9.80. The van der Waals surface area contributed by atoms with E-state index < -0.39 is 24.5 Å². The van der Waals surface area contributed by atoms with Gasteiger partial charge in [0.25, 0.3) is 0 Å². The van der Waals surface area contributed by atoms with Gasteiger partial charge in [-0.25, -0.2) is 12.2 Å². The number of hydrogen-bond donors (Lipinski definition) is 0. The molecule has 1 aromatic heterocycles. The Balaban J connectivity index is 0.000000217. The molecule has 1 aliphatic rings. The van der Waals surface area contributed by atoms with Crippen LogP contribution in [-0.2, 0) is 24.5 Å². The molecule has 0 radical (unpaired) electrons. The van der Waals surface area contributed by atoms with Crippen molar-refractivity contribution in [1.82, 2.24) is 4.57 Å². The van der Waals surface area contributed by atoms with Crippen LogP contribution in [0.3, 0.4) is 0 Å². The van der Waals surface area contributed by atoms with Crippen molar-refractivity contribution in [2.45, 2.75) is 20.3 Å². The summed E-state index contributed by atoms with van der Waals surface area (Å²) in [7, 11) is 0. The number of nitrogens with zero attached hydrogens (tertiary/aromatic N) is 1. The Morgan fingerprint density at radius 3 is 2.29 bits per heavy atom. The number of aromatic nitrogens is 1. The van der Waals surface area contributed by atoms with Gasteiger partial charge >= 0.3 is 29.7 Å². The summed E-state index contributed by atoms with van der Waals surface area (Å²) < 4.78 is 21.7. The molecule has 1 aliphatic carbocycles. The third kappa shape index (κ3) is 4.91. The standard InChI is InChI=1S/C15H14N.C5H5.2FH.Zr/c1-11-5-6-12(2)15-10-13(9-14(11)15)16-7-3-4-8-16;1-2-4-5-3-1;;;/h3-10H,1-2H3;1-3H,4H2;2*1H;/q2*-1;;;+4/p-2. The summed E-state index contributed by atoms with van der Waals surface area (Å²) in [5, 5.41) is 2.73. The third-order valence-electron chi connectivity index (χ3n) is 3.80. The van der Waals surface area contributed by atoms with E-state index >= 15 is 0 Å². The second-order valence-electron chi connectivity index (χ2n) is 5.41. The van der Waals surface area contributed by atoms with Crippen LogP contribution in [0.25, 0.3) is 16.5 Å². The maximum atomic E-state index is 9.80. The molecule has 0 saturated heterocycles. The molecular weight excluding hydrogens is 383 g/mol.